The van der Waals surface area contributed by atoms with E-state index in [0.717, 1.165) is 30.5 Å². The van der Waals surface area contributed by atoms with Crippen LogP contribution >= 0.6 is 0 Å². The number of hydrogen-bond donors (Lipinski definition) is 3. The van der Waals surface area contributed by atoms with Crippen molar-refractivity contribution in [1.29, 1.82) is 0 Å². The Morgan fingerprint density at radius 3 is 2.69 bits per heavy atom. The maximum Gasteiger partial charge on any atom is 0.267 e. The predicted molar refractivity (Wildman–Crippen MR) is 112 cm³/mol. The van der Waals surface area contributed by atoms with Crippen LogP contribution in [0.2, 0.25) is 0 Å². The molecule has 29 heavy (non-hydrogen) atoms. The molecule has 3 N–H and O–H groups in total. The van der Waals surface area contributed by atoms with Gasteiger partial charge in [0.25, 0.3) is 5.91 Å². The lowest BCUT2D eigenvalue weighted by Gasteiger charge is -2.16. The van der Waals surface area contributed by atoms with Crippen LogP contribution in [0.5, 0.6) is 0 Å². The zero-order valence-corrected chi connectivity index (χ0v) is 16.0. The van der Waals surface area contributed by atoms with Crippen LogP contribution in [-0.4, -0.2) is 26.9 Å². The lowest BCUT2D eigenvalue weighted by Crippen LogP contribution is -2.27. The third-order valence-electron chi connectivity index (χ3n) is 5.29. The number of hydrogen-bond acceptors (Lipinski definition) is 4. The molecular weight excluding hydrogens is 364 g/mol. The molecule has 0 aliphatic carbocycles. The van der Waals surface area contributed by atoms with Crippen LogP contribution in [0.3, 0.4) is 0 Å². The Hall–Kier alpha value is -3.22. The molecular formula is C23H24N4O2. The fourth-order valence-corrected chi connectivity index (χ4v) is 3.83. The van der Waals surface area contributed by atoms with Gasteiger partial charge in [-0.25, -0.2) is 10.2 Å². The SMILES string of the molecule is O=C(/C=C/c1ccc(C2CCC(Cc3ccnn3-c3ccccc3)N2)cc1)NO. The second kappa shape index (κ2) is 8.86. The summed E-state index contributed by atoms with van der Waals surface area (Å²) in [6.07, 6.45) is 7.97. The van der Waals surface area contributed by atoms with Crippen LogP contribution in [-0.2, 0) is 11.2 Å². The first-order valence-electron chi connectivity index (χ1n) is 9.79. The number of benzene rings is 2. The molecule has 1 amide bonds. The fourth-order valence-electron chi connectivity index (χ4n) is 3.83. The summed E-state index contributed by atoms with van der Waals surface area (Å²) in [6.45, 7) is 0. The van der Waals surface area contributed by atoms with Gasteiger partial charge >= 0.3 is 0 Å². The molecule has 0 radical (unpaired) electrons. The van der Waals surface area contributed by atoms with E-state index >= 15 is 0 Å². The molecule has 3 aromatic rings. The maximum absolute atomic E-state index is 11.1. The molecule has 2 unspecified atom stereocenters. The van der Waals surface area contributed by atoms with Crippen molar-refractivity contribution in [2.75, 3.05) is 0 Å². The van der Waals surface area contributed by atoms with E-state index in [1.807, 2.05) is 41.2 Å². The van der Waals surface area contributed by atoms with Crippen LogP contribution in [0.15, 0.2) is 72.9 Å². The van der Waals surface area contributed by atoms with Crippen LogP contribution in [0, 0.1) is 0 Å². The van der Waals surface area contributed by atoms with E-state index in [1.165, 1.54) is 17.3 Å². The van der Waals surface area contributed by atoms with Gasteiger partial charge in [-0.05, 0) is 48.2 Å². The molecule has 0 spiro atoms. The van der Waals surface area contributed by atoms with Crippen LogP contribution < -0.4 is 10.8 Å². The standard InChI is InChI=1S/C23H24N4O2/c28-23(26-29)13-8-17-6-9-18(10-7-17)22-12-11-19(25-22)16-21-14-15-24-27(21)20-4-2-1-3-5-20/h1-10,13-15,19,22,25,29H,11-12,16H2,(H,26,28)/b13-8+. The Labute approximate surface area is 169 Å². The van der Waals surface area contributed by atoms with Gasteiger partial charge in [0.15, 0.2) is 0 Å². The smallest absolute Gasteiger partial charge is 0.267 e. The summed E-state index contributed by atoms with van der Waals surface area (Å²) in [5.41, 5.74) is 6.03. The summed E-state index contributed by atoms with van der Waals surface area (Å²) in [7, 11) is 0. The Kier molecular flexibility index (Phi) is 5.84. The molecule has 2 aromatic carbocycles. The van der Waals surface area contributed by atoms with E-state index in [1.54, 1.807) is 11.6 Å². The Bertz CT molecular complexity index is 980. The molecule has 0 saturated carbocycles. The average molecular weight is 388 g/mol. The van der Waals surface area contributed by atoms with Gasteiger partial charge in [0.1, 0.15) is 0 Å². The number of nitrogens with zero attached hydrogens (tertiary/aromatic N) is 2. The topological polar surface area (TPSA) is 79.2 Å². The van der Waals surface area contributed by atoms with Gasteiger partial charge in [-0.1, -0.05) is 42.5 Å². The first-order chi connectivity index (χ1) is 14.2. The summed E-state index contributed by atoms with van der Waals surface area (Å²) in [5, 5.41) is 16.8. The highest BCUT2D eigenvalue weighted by molar-refractivity contribution is 5.90. The predicted octanol–water partition coefficient (Wildman–Crippen LogP) is 3.43. The number of para-hydroxylation sites is 1. The molecule has 1 fully saturated rings. The van der Waals surface area contributed by atoms with E-state index in [-0.39, 0.29) is 0 Å². The third kappa shape index (κ3) is 4.62. The zero-order valence-electron chi connectivity index (χ0n) is 16.0. The number of amides is 1. The molecule has 6 heteroatoms. The summed E-state index contributed by atoms with van der Waals surface area (Å²) >= 11 is 0. The molecule has 2 heterocycles. The number of aromatic nitrogens is 2. The number of nitrogens with one attached hydrogen (secondary N) is 2. The van der Waals surface area contributed by atoms with Gasteiger partial charge in [-0.2, -0.15) is 5.10 Å². The summed E-state index contributed by atoms with van der Waals surface area (Å²) in [5.74, 6) is -0.538. The number of rotatable bonds is 6. The van der Waals surface area contributed by atoms with Crippen LogP contribution in [0.1, 0.15) is 35.7 Å². The lowest BCUT2D eigenvalue weighted by atomic mass is 10.0. The highest BCUT2D eigenvalue weighted by Gasteiger charge is 2.25. The molecule has 1 saturated heterocycles. The highest BCUT2D eigenvalue weighted by Crippen LogP contribution is 2.28. The lowest BCUT2D eigenvalue weighted by molar-refractivity contribution is -0.124. The second-order valence-corrected chi connectivity index (χ2v) is 7.24. The van der Waals surface area contributed by atoms with E-state index in [4.69, 9.17) is 5.21 Å². The largest absolute Gasteiger partial charge is 0.307 e. The van der Waals surface area contributed by atoms with Crippen molar-refractivity contribution in [1.82, 2.24) is 20.6 Å². The van der Waals surface area contributed by atoms with Crippen LogP contribution in [0.4, 0.5) is 0 Å². The molecule has 1 aromatic heterocycles. The van der Waals surface area contributed by atoms with Crippen molar-refractivity contribution in [2.24, 2.45) is 0 Å². The molecule has 1 aliphatic heterocycles. The average Bonchev–Trinajstić information content (AvgIpc) is 3.43. The Balaban J connectivity index is 1.38. The zero-order chi connectivity index (χ0) is 20.1. The van der Waals surface area contributed by atoms with Crippen molar-refractivity contribution < 1.29 is 10.0 Å². The highest BCUT2D eigenvalue weighted by atomic mass is 16.5. The van der Waals surface area contributed by atoms with E-state index in [2.05, 4.69) is 40.7 Å². The molecule has 0 bridgehead atoms. The number of carbonyl (C=O) groups is 1. The minimum atomic E-state index is -0.538. The van der Waals surface area contributed by atoms with Crippen molar-refractivity contribution in [3.63, 3.8) is 0 Å². The Morgan fingerprint density at radius 1 is 1.14 bits per heavy atom. The van der Waals surface area contributed by atoms with Crippen LogP contribution in [0.25, 0.3) is 11.8 Å². The second-order valence-electron chi connectivity index (χ2n) is 7.24. The molecule has 148 valence electrons. The van der Waals surface area contributed by atoms with Gasteiger partial charge in [0, 0.05) is 36.5 Å². The normalized spacial score (nSPS) is 18.9. The monoisotopic (exact) mass is 388 g/mol. The van der Waals surface area contributed by atoms with Gasteiger partial charge in [-0.15, -0.1) is 0 Å². The molecule has 6 nitrogen and oxygen atoms in total. The Morgan fingerprint density at radius 2 is 1.93 bits per heavy atom. The van der Waals surface area contributed by atoms with E-state index in [9.17, 15) is 4.79 Å². The van der Waals surface area contributed by atoms with Crippen molar-refractivity contribution >= 4 is 12.0 Å². The summed E-state index contributed by atoms with van der Waals surface area (Å²) in [6, 6.07) is 21.2. The quantitative estimate of drug-likeness (QED) is 0.343. The van der Waals surface area contributed by atoms with Crippen molar-refractivity contribution in [3.05, 3.63) is 89.8 Å². The molecule has 2 atom stereocenters. The fraction of sp³-hybridized carbons (Fsp3) is 0.217. The molecule has 1 aliphatic rings. The third-order valence-corrected chi connectivity index (χ3v) is 5.29. The summed E-state index contributed by atoms with van der Waals surface area (Å²) < 4.78 is 2.01. The van der Waals surface area contributed by atoms with Gasteiger partial charge in [0.2, 0.25) is 0 Å². The van der Waals surface area contributed by atoms with E-state index < -0.39 is 5.91 Å². The minimum absolute atomic E-state index is 0.326. The van der Waals surface area contributed by atoms with Crippen molar-refractivity contribution in [3.8, 4) is 5.69 Å². The van der Waals surface area contributed by atoms with Gasteiger partial charge in [-0.3, -0.25) is 10.0 Å². The number of carbonyl (C=O) groups excluding carboxylic acids is 1. The van der Waals surface area contributed by atoms with E-state index in [0.29, 0.717) is 12.1 Å². The molecule has 4 rings (SSSR count). The van der Waals surface area contributed by atoms with Gasteiger partial charge < -0.3 is 5.32 Å². The van der Waals surface area contributed by atoms with Crippen molar-refractivity contribution in [2.45, 2.75) is 31.3 Å². The number of hydroxylamine groups is 1. The minimum Gasteiger partial charge on any atom is -0.307 e. The summed E-state index contributed by atoms with van der Waals surface area (Å²) in [4.78, 5) is 11.1. The first-order valence-corrected chi connectivity index (χ1v) is 9.79. The van der Waals surface area contributed by atoms with Gasteiger partial charge in [0.05, 0.1) is 5.69 Å². The first kappa shape index (κ1) is 19.1. The maximum atomic E-state index is 11.1.